The van der Waals surface area contributed by atoms with Gasteiger partial charge in [-0.15, -0.1) is 0 Å². The van der Waals surface area contributed by atoms with Crippen LogP contribution in [-0.2, 0) is 14.7 Å². The third-order valence-corrected chi connectivity index (χ3v) is 4.09. The molecule has 1 aliphatic heterocycles. The van der Waals surface area contributed by atoms with Crippen LogP contribution in [0.4, 0.5) is 0 Å². The van der Waals surface area contributed by atoms with Crippen molar-refractivity contribution in [3.8, 4) is 0 Å². The van der Waals surface area contributed by atoms with Crippen LogP contribution in [-0.4, -0.2) is 47.5 Å². The maximum absolute atomic E-state index is 12.1. The van der Waals surface area contributed by atoms with Gasteiger partial charge < -0.3 is 4.84 Å². The molecule has 0 unspecified atom stereocenters. The molecule has 24 heavy (non-hydrogen) atoms. The largest absolute Gasteiger partial charge is 0.383 e. The van der Waals surface area contributed by atoms with Crippen LogP contribution in [0.2, 0.25) is 0 Å². The molecule has 9 nitrogen and oxygen atoms in total. The number of benzene rings is 1. The number of nitrogens with zero attached hydrogens (tertiary/aromatic N) is 3. The minimum Gasteiger partial charge on any atom is -0.322 e. The van der Waals surface area contributed by atoms with Crippen LogP contribution >= 0.6 is 0 Å². The first-order valence-corrected chi connectivity index (χ1v) is 8.40. The Hall–Kier alpha value is -3.14. The van der Waals surface area contributed by atoms with Gasteiger partial charge in [0.15, 0.2) is 20.6 Å². The zero-order chi connectivity index (χ0) is 17.5. The van der Waals surface area contributed by atoms with Crippen molar-refractivity contribution in [2.75, 3.05) is 6.26 Å². The van der Waals surface area contributed by atoms with Crippen LogP contribution in [0.1, 0.15) is 31.2 Å². The predicted molar refractivity (Wildman–Crippen MR) is 77.5 cm³/mol. The lowest BCUT2D eigenvalue weighted by Gasteiger charge is -2.12. The van der Waals surface area contributed by atoms with E-state index in [9.17, 15) is 22.8 Å². The number of imide groups is 1. The maximum atomic E-state index is 12.1. The van der Waals surface area contributed by atoms with Crippen molar-refractivity contribution >= 4 is 27.6 Å². The molecule has 122 valence electrons. The van der Waals surface area contributed by atoms with Gasteiger partial charge in [0.05, 0.1) is 23.5 Å². The summed E-state index contributed by atoms with van der Waals surface area (Å²) in [5.41, 5.74) is -0.243. The fourth-order valence-corrected chi connectivity index (χ4v) is 2.52. The molecular weight excluding hydrogens is 338 g/mol. The lowest BCUT2D eigenvalue weighted by Crippen LogP contribution is -2.33. The van der Waals surface area contributed by atoms with Crippen molar-refractivity contribution < 1.29 is 27.6 Å². The molecule has 0 aliphatic carbocycles. The molecular formula is C14H9N3O6S. The van der Waals surface area contributed by atoms with E-state index in [1.807, 2.05) is 0 Å². The lowest BCUT2D eigenvalue weighted by molar-refractivity contribution is -0.0589. The molecule has 0 bridgehead atoms. The smallest absolute Gasteiger partial charge is 0.322 e. The average Bonchev–Trinajstić information content (AvgIpc) is 2.80. The van der Waals surface area contributed by atoms with Gasteiger partial charge >= 0.3 is 5.97 Å². The van der Waals surface area contributed by atoms with E-state index in [2.05, 4.69) is 9.97 Å². The van der Waals surface area contributed by atoms with Gasteiger partial charge in [-0.05, 0) is 12.1 Å². The van der Waals surface area contributed by atoms with E-state index in [4.69, 9.17) is 4.84 Å². The summed E-state index contributed by atoms with van der Waals surface area (Å²) in [7, 11) is -3.68. The second-order valence-electron chi connectivity index (χ2n) is 4.84. The van der Waals surface area contributed by atoms with E-state index < -0.39 is 38.3 Å². The molecule has 0 spiro atoms. The predicted octanol–water partition coefficient (Wildman–Crippen LogP) is 0.248. The maximum Gasteiger partial charge on any atom is 0.383 e. The Kier molecular flexibility index (Phi) is 3.60. The van der Waals surface area contributed by atoms with E-state index in [1.54, 1.807) is 12.1 Å². The van der Waals surface area contributed by atoms with Crippen LogP contribution < -0.4 is 0 Å². The second-order valence-corrected chi connectivity index (χ2v) is 6.81. The summed E-state index contributed by atoms with van der Waals surface area (Å²) >= 11 is 0. The monoisotopic (exact) mass is 347 g/mol. The summed E-state index contributed by atoms with van der Waals surface area (Å²) < 4.78 is 22.9. The first-order chi connectivity index (χ1) is 11.3. The molecule has 1 aromatic heterocycles. The van der Waals surface area contributed by atoms with Gasteiger partial charge in [-0.1, -0.05) is 17.2 Å². The van der Waals surface area contributed by atoms with Gasteiger partial charge in [0, 0.05) is 6.26 Å². The third kappa shape index (κ3) is 2.63. The Bertz CT molecular complexity index is 951. The zero-order valence-corrected chi connectivity index (χ0v) is 13.0. The molecule has 1 aromatic carbocycles. The van der Waals surface area contributed by atoms with Crippen molar-refractivity contribution in [2.45, 2.75) is 5.03 Å². The molecule has 0 atom stereocenters. The summed E-state index contributed by atoms with van der Waals surface area (Å²) in [6.07, 6.45) is 2.83. The highest BCUT2D eigenvalue weighted by molar-refractivity contribution is 7.90. The Morgan fingerprint density at radius 1 is 1.08 bits per heavy atom. The highest BCUT2D eigenvalue weighted by Crippen LogP contribution is 2.23. The van der Waals surface area contributed by atoms with Crippen molar-refractivity contribution in [1.29, 1.82) is 0 Å². The summed E-state index contributed by atoms with van der Waals surface area (Å²) in [5.74, 6) is -2.77. The highest BCUT2D eigenvalue weighted by Gasteiger charge is 2.39. The highest BCUT2D eigenvalue weighted by atomic mass is 32.2. The number of carbonyl (C=O) groups is 3. The Labute approximate surface area is 135 Å². The summed E-state index contributed by atoms with van der Waals surface area (Å²) in [6.45, 7) is 0. The molecule has 2 amide bonds. The lowest BCUT2D eigenvalue weighted by atomic mass is 10.1. The van der Waals surface area contributed by atoms with Gasteiger partial charge in [-0.2, -0.15) is 0 Å². The second kappa shape index (κ2) is 5.49. The minimum atomic E-state index is -3.68. The van der Waals surface area contributed by atoms with Crippen molar-refractivity contribution in [1.82, 2.24) is 15.0 Å². The molecule has 3 rings (SSSR count). The third-order valence-electron chi connectivity index (χ3n) is 3.13. The number of hydroxylamine groups is 2. The van der Waals surface area contributed by atoms with Crippen molar-refractivity contribution in [3.63, 3.8) is 0 Å². The SMILES string of the molecule is CS(=O)(=O)c1cncc(C(=O)ON2C(=O)c3ccccc3C2=O)n1. The first-order valence-electron chi connectivity index (χ1n) is 6.51. The summed E-state index contributed by atoms with van der Waals surface area (Å²) in [4.78, 5) is 48.2. The number of rotatable bonds is 3. The van der Waals surface area contributed by atoms with Gasteiger partial charge in [-0.3, -0.25) is 14.6 Å². The van der Waals surface area contributed by atoms with E-state index in [1.165, 1.54) is 12.1 Å². The minimum absolute atomic E-state index is 0.103. The van der Waals surface area contributed by atoms with Gasteiger partial charge in [0.1, 0.15) is 0 Å². The molecule has 2 heterocycles. The Morgan fingerprint density at radius 2 is 1.67 bits per heavy atom. The number of hydrogen-bond acceptors (Lipinski definition) is 8. The van der Waals surface area contributed by atoms with E-state index >= 15 is 0 Å². The summed E-state index contributed by atoms with van der Waals surface area (Å²) in [6, 6.07) is 5.98. The number of fused-ring (bicyclic) bond motifs is 1. The Balaban J connectivity index is 1.87. The van der Waals surface area contributed by atoms with Crippen LogP contribution in [0.25, 0.3) is 0 Å². The molecule has 0 saturated heterocycles. The Morgan fingerprint density at radius 3 is 2.21 bits per heavy atom. The molecule has 0 N–H and O–H groups in total. The fourth-order valence-electron chi connectivity index (χ4n) is 2.00. The molecule has 0 fully saturated rings. The van der Waals surface area contributed by atoms with Crippen LogP contribution in [0, 0.1) is 0 Å². The van der Waals surface area contributed by atoms with Crippen molar-refractivity contribution in [3.05, 3.63) is 53.5 Å². The molecule has 2 aromatic rings. The van der Waals surface area contributed by atoms with Gasteiger partial charge in [0.25, 0.3) is 11.8 Å². The van der Waals surface area contributed by atoms with Crippen LogP contribution in [0.3, 0.4) is 0 Å². The van der Waals surface area contributed by atoms with Crippen molar-refractivity contribution in [2.24, 2.45) is 0 Å². The molecule has 10 heteroatoms. The van der Waals surface area contributed by atoms with E-state index in [0.717, 1.165) is 18.6 Å². The van der Waals surface area contributed by atoms with E-state index in [0.29, 0.717) is 5.06 Å². The zero-order valence-electron chi connectivity index (χ0n) is 12.2. The standard InChI is InChI=1S/C14H9N3O6S/c1-24(21,22)11-7-15-6-10(16-11)14(20)23-17-12(18)8-4-2-3-5-9(8)13(17)19/h2-7H,1H3. The molecule has 1 aliphatic rings. The van der Waals surface area contributed by atoms with E-state index in [-0.39, 0.29) is 11.1 Å². The number of sulfone groups is 1. The normalized spacial score (nSPS) is 13.8. The number of amides is 2. The van der Waals surface area contributed by atoms with Crippen LogP contribution in [0.15, 0.2) is 41.7 Å². The van der Waals surface area contributed by atoms with Gasteiger partial charge in [-0.25, -0.2) is 18.2 Å². The average molecular weight is 347 g/mol. The van der Waals surface area contributed by atoms with Gasteiger partial charge in [0.2, 0.25) is 0 Å². The number of aromatic nitrogens is 2. The quantitative estimate of drug-likeness (QED) is 0.724. The molecule has 0 radical (unpaired) electrons. The number of carbonyl (C=O) groups excluding carboxylic acids is 3. The van der Waals surface area contributed by atoms with Crippen LogP contribution in [0.5, 0.6) is 0 Å². The summed E-state index contributed by atoms with van der Waals surface area (Å²) in [5, 5.41) is -0.124. The first kappa shape index (κ1) is 15.7. The fraction of sp³-hybridized carbons (Fsp3) is 0.0714. The topological polar surface area (TPSA) is 124 Å². The molecule has 0 saturated carbocycles. The number of hydrogen-bond donors (Lipinski definition) is 0.